The number of furan rings is 1. The van der Waals surface area contributed by atoms with Crippen LogP contribution in [0.1, 0.15) is 22.9 Å². The second-order valence-electron chi connectivity index (χ2n) is 7.01. The summed E-state index contributed by atoms with van der Waals surface area (Å²) in [7, 11) is 4.07. The molecule has 1 atom stereocenters. The molecule has 0 aliphatic heterocycles. The molecule has 0 unspecified atom stereocenters. The van der Waals surface area contributed by atoms with Crippen molar-refractivity contribution in [3.8, 4) is 5.75 Å². The SMILES string of the molecule is C[NH+](C)[C@@H](CNC(=O)COc1ccccc1Cc1ccccc1)c1ccco1. The number of carbonyl (C=O) groups is 1. The minimum atomic E-state index is -0.146. The van der Waals surface area contributed by atoms with Crippen LogP contribution in [-0.4, -0.2) is 33.2 Å². The molecular weight excluding hydrogens is 352 g/mol. The molecule has 0 aliphatic carbocycles. The zero-order valence-electron chi connectivity index (χ0n) is 16.4. The van der Waals surface area contributed by atoms with Crippen molar-refractivity contribution in [2.75, 3.05) is 27.2 Å². The molecule has 1 aromatic heterocycles. The van der Waals surface area contributed by atoms with Gasteiger partial charge in [0.2, 0.25) is 0 Å². The fourth-order valence-electron chi connectivity index (χ4n) is 3.10. The fourth-order valence-corrected chi connectivity index (χ4v) is 3.10. The molecule has 0 spiro atoms. The van der Waals surface area contributed by atoms with Crippen molar-refractivity contribution >= 4 is 5.91 Å². The summed E-state index contributed by atoms with van der Waals surface area (Å²) in [6.07, 6.45) is 2.42. The van der Waals surface area contributed by atoms with Gasteiger partial charge in [0.25, 0.3) is 5.91 Å². The highest BCUT2D eigenvalue weighted by Gasteiger charge is 2.21. The van der Waals surface area contributed by atoms with E-state index in [1.165, 1.54) is 10.5 Å². The van der Waals surface area contributed by atoms with Gasteiger partial charge < -0.3 is 19.4 Å². The van der Waals surface area contributed by atoms with E-state index in [-0.39, 0.29) is 18.6 Å². The van der Waals surface area contributed by atoms with Gasteiger partial charge in [-0.25, -0.2) is 0 Å². The van der Waals surface area contributed by atoms with Crippen LogP contribution in [0.15, 0.2) is 77.4 Å². The maximum Gasteiger partial charge on any atom is 0.258 e. The first-order valence-corrected chi connectivity index (χ1v) is 9.48. The average molecular weight is 379 g/mol. The highest BCUT2D eigenvalue weighted by Crippen LogP contribution is 2.21. The van der Waals surface area contributed by atoms with Crippen molar-refractivity contribution in [3.63, 3.8) is 0 Å². The highest BCUT2D eigenvalue weighted by atomic mass is 16.5. The first-order valence-electron chi connectivity index (χ1n) is 9.48. The normalized spacial score (nSPS) is 12.0. The lowest BCUT2D eigenvalue weighted by molar-refractivity contribution is -0.891. The minimum absolute atomic E-state index is 0.0144. The van der Waals surface area contributed by atoms with Gasteiger partial charge >= 0.3 is 0 Å². The van der Waals surface area contributed by atoms with Crippen molar-refractivity contribution in [2.24, 2.45) is 0 Å². The summed E-state index contributed by atoms with van der Waals surface area (Å²) in [6.45, 7) is 0.475. The summed E-state index contributed by atoms with van der Waals surface area (Å²) in [5.74, 6) is 1.45. The standard InChI is InChI=1S/C23H26N2O3/c1-25(2)20(22-13-8-14-27-22)16-24-23(26)17-28-21-12-7-6-11-19(21)15-18-9-4-3-5-10-18/h3-14,20H,15-17H2,1-2H3,(H,24,26)/p+1/t20-/m0/s1. The number of amides is 1. The Morgan fingerprint density at radius 3 is 2.50 bits per heavy atom. The van der Waals surface area contributed by atoms with Gasteiger partial charge in [-0.05, 0) is 29.3 Å². The number of carbonyl (C=O) groups excluding carboxylic acids is 1. The third-order valence-electron chi connectivity index (χ3n) is 4.66. The predicted octanol–water partition coefficient (Wildman–Crippen LogP) is 2.25. The number of likely N-dealkylation sites (N-methyl/N-ethyl adjacent to an activating group) is 1. The van der Waals surface area contributed by atoms with Gasteiger partial charge in [-0.2, -0.15) is 0 Å². The van der Waals surface area contributed by atoms with E-state index in [2.05, 4.69) is 17.4 Å². The number of rotatable bonds is 9. The van der Waals surface area contributed by atoms with E-state index < -0.39 is 0 Å². The van der Waals surface area contributed by atoms with E-state index in [9.17, 15) is 4.79 Å². The van der Waals surface area contributed by atoms with Crippen molar-refractivity contribution < 1.29 is 18.8 Å². The third kappa shape index (κ3) is 5.47. The molecule has 2 aromatic carbocycles. The number of quaternary nitrogens is 1. The summed E-state index contributed by atoms with van der Waals surface area (Å²) in [4.78, 5) is 13.5. The highest BCUT2D eigenvalue weighted by molar-refractivity contribution is 5.77. The lowest BCUT2D eigenvalue weighted by Gasteiger charge is -2.20. The van der Waals surface area contributed by atoms with Crippen LogP contribution in [0.2, 0.25) is 0 Å². The Bertz CT molecular complexity index is 861. The molecule has 0 aliphatic rings. The van der Waals surface area contributed by atoms with E-state index >= 15 is 0 Å². The summed E-state index contributed by atoms with van der Waals surface area (Å²) in [6, 6.07) is 21.9. The molecule has 5 nitrogen and oxygen atoms in total. The molecule has 2 N–H and O–H groups in total. The summed E-state index contributed by atoms with van der Waals surface area (Å²) >= 11 is 0. The summed E-state index contributed by atoms with van der Waals surface area (Å²) in [5, 5.41) is 2.95. The van der Waals surface area contributed by atoms with Crippen LogP contribution < -0.4 is 15.0 Å². The van der Waals surface area contributed by atoms with Crippen LogP contribution in [-0.2, 0) is 11.2 Å². The molecule has 0 radical (unpaired) electrons. The first kappa shape index (κ1) is 19.7. The van der Waals surface area contributed by atoms with Gasteiger partial charge in [-0.3, -0.25) is 4.79 Å². The van der Waals surface area contributed by atoms with Crippen LogP contribution in [0.25, 0.3) is 0 Å². The average Bonchev–Trinajstić information content (AvgIpc) is 3.22. The quantitative estimate of drug-likeness (QED) is 0.600. The monoisotopic (exact) mass is 379 g/mol. The first-order chi connectivity index (χ1) is 13.6. The van der Waals surface area contributed by atoms with Crippen LogP contribution in [0.5, 0.6) is 5.75 Å². The summed E-state index contributed by atoms with van der Waals surface area (Å²) < 4.78 is 11.3. The van der Waals surface area contributed by atoms with Crippen molar-refractivity contribution in [3.05, 3.63) is 89.9 Å². The Labute approximate surface area is 165 Å². The Kier molecular flexibility index (Phi) is 6.87. The van der Waals surface area contributed by atoms with Crippen LogP contribution in [0.3, 0.4) is 0 Å². The largest absolute Gasteiger partial charge is 0.483 e. The zero-order valence-corrected chi connectivity index (χ0v) is 16.4. The predicted molar refractivity (Wildman–Crippen MR) is 108 cm³/mol. The Hall–Kier alpha value is -3.05. The van der Waals surface area contributed by atoms with Gasteiger partial charge in [0.15, 0.2) is 18.4 Å². The maximum absolute atomic E-state index is 12.3. The summed E-state index contributed by atoms with van der Waals surface area (Å²) in [5.41, 5.74) is 2.27. The van der Waals surface area contributed by atoms with Gasteiger partial charge in [0, 0.05) is 6.42 Å². The van der Waals surface area contributed by atoms with Gasteiger partial charge in [-0.15, -0.1) is 0 Å². The molecule has 146 valence electrons. The number of nitrogens with one attached hydrogen (secondary N) is 2. The Balaban J connectivity index is 1.55. The van der Waals surface area contributed by atoms with Gasteiger partial charge in [0.05, 0.1) is 26.9 Å². The van der Waals surface area contributed by atoms with Crippen molar-refractivity contribution in [1.29, 1.82) is 0 Å². The minimum Gasteiger partial charge on any atom is -0.483 e. The number of hydrogen-bond acceptors (Lipinski definition) is 3. The third-order valence-corrected chi connectivity index (χ3v) is 4.66. The van der Waals surface area contributed by atoms with E-state index in [1.807, 2.05) is 68.7 Å². The second-order valence-corrected chi connectivity index (χ2v) is 7.01. The fraction of sp³-hybridized carbons (Fsp3) is 0.261. The molecule has 28 heavy (non-hydrogen) atoms. The molecule has 0 saturated heterocycles. The van der Waals surface area contributed by atoms with E-state index in [0.717, 1.165) is 23.5 Å². The van der Waals surface area contributed by atoms with Gasteiger partial charge in [-0.1, -0.05) is 48.5 Å². The lowest BCUT2D eigenvalue weighted by atomic mass is 10.0. The molecule has 0 fully saturated rings. The lowest BCUT2D eigenvalue weighted by Crippen LogP contribution is -3.07. The van der Waals surface area contributed by atoms with Crippen LogP contribution >= 0.6 is 0 Å². The molecule has 0 saturated carbocycles. The van der Waals surface area contributed by atoms with Crippen molar-refractivity contribution in [2.45, 2.75) is 12.5 Å². The Morgan fingerprint density at radius 1 is 1.04 bits per heavy atom. The molecule has 3 aromatic rings. The van der Waals surface area contributed by atoms with Crippen LogP contribution in [0.4, 0.5) is 0 Å². The number of benzene rings is 2. The number of hydrogen-bond donors (Lipinski definition) is 2. The Morgan fingerprint density at radius 2 is 1.79 bits per heavy atom. The maximum atomic E-state index is 12.3. The number of ether oxygens (including phenoxy) is 1. The van der Waals surface area contributed by atoms with E-state index in [1.54, 1.807) is 6.26 Å². The smallest absolute Gasteiger partial charge is 0.258 e. The topological polar surface area (TPSA) is 55.9 Å². The zero-order chi connectivity index (χ0) is 19.8. The van der Waals surface area contributed by atoms with Crippen molar-refractivity contribution in [1.82, 2.24) is 5.32 Å². The molecule has 3 rings (SSSR count). The van der Waals surface area contributed by atoms with Crippen LogP contribution in [0, 0.1) is 0 Å². The molecule has 1 amide bonds. The molecule has 1 heterocycles. The van der Waals surface area contributed by atoms with Gasteiger partial charge in [0.1, 0.15) is 5.75 Å². The molecular formula is C23H27N2O3+. The van der Waals surface area contributed by atoms with E-state index in [4.69, 9.17) is 9.15 Å². The number of para-hydroxylation sites is 1. The second kappa shape index (κ2) is 9.76. The van der Waals surface area contributed by atoms with E-state index in [0.29, 0.717) is 6.54 Å². The molecule has 5 heteroatoms. The molecule has 0 bridgehead atoms.